The molecule has 4 aromatic rings. The van der Waals surface area contributed by atoms with Crippen LogP contribution in [0.2, 0.25) is 0 Å². The molecule has 8 nitrogen and oxygen atoms in total. The van der Waals surface area contributed by atoms with Crippen molar-refractivity contribution < 1.29 is 14.0 Å². The third-order valence-corrected chi connectivity index (χ3v) is 5.65. The lowest BCUT2D eigenvalue weighted by molar-refractivity contribution is -0.113. The first-order chi connectivity index (χ1) is 16.0. The van der Waals surface area contributed by atoms with E-state index in [1.54, 1.807) is 42.7 Å². The molecule has 0 aliphatic carbocycles. The molecule has 0 fully saturated rings. The van der Waals surface area contributed by atoms with Crippen LogP contribution in [-0.4, -0.2) is 37.3 Å². The molecule has 0 saturated carbocycles. The highest BCUT2D eigenvalue weighted by atomic mass is 32.2. The summed E-state index contributed by atoms with van der Waals surface area (Å²) in [6.45, 7) is 0. The summed E-state index contributed by atoms with van der Waals surface area (Å²) in [6.07, 6.45) is 3.36. The van der Waals surface area contributed by atoms with Crippen molar-refractivity contribution in [3.05, 3.63) is 84.4 Å². The lowest BCUT2D eigenvalue weighted by Gasteiger charge is -2.09. The Kier molecular flexibility index (Phi) is 6.75. The van der Waals surface area contributed by atoms with Crippen LogP contribution in [0.15, 0.2) is 78.2 Å². The minimum Gasteiger partial charge on any atom is -0.325 e. The molecule has 33 heavy (non-hydrogen) atoms. The standard InChI is InChI=1S/C23H19FN6O2S/c1-30-21(15-9-11-25-12-10-15)28-29-23(30)33-14-20(31)26-16-5-4-6-17(13-16)27-22(32)18-7-2-3-8-19(18)24/h2-13H,14H2,1H3,(H,26,31)(H,27,32). The lowest BCUT2D eigenvalue weighted by atomic mass is 10.2. The van der Waals surface area contributed by atoms with E-state index in [1.165, 1.54) is 30.0 Å². The second-order valence-electron chi connectivity index (χ2n) is 6.95. The fourth-order valence-electron chi connectivity index (χ4n) is 3.04. The number of nitrogens with zero attached hydrogens (tertiary/aromatic N) is 4. The van der Waals surface area contributed by atoms with E-state index in [-0.39, 0.29) is 17.2 Å². The van der Waals surface area contributed by atoms with Crippen LogP contribution in [0, 0.1) is 5.82 Å². The number of anilines is 2. The van der Waals surface area contributed by atoms with E-state index in [0.717, 1.165) is 5.56 Å². The second-order valence-corrected chi connectivity index (χ2v) is 7.90. The van der Waals surface area contributed by atoms with E-state index in [2.05, 4.69) is 25.8 Å². The molecule has 166 valence electrons. The quantitative estimate of drug-likeness (QED) is 0.403. The molecule has 0 saturated heterocycles. The van der Waals surface area contributed by atoms with Crippen LogP contribution in [0.1, 0.15) is 10.4 Å². The smallest absolute Gasteiger partial charge is 0.258 e. The van der Waals surface area contributed by atoms with Gasteiger partial charge in [-0.3, -0.25) is 14.6 Å². The molecule has 2 N–H and O–H groups in total. The van der Waals surface area contributed by atoms with Crippen molar-refractivity contribution in [2.24, 2.45) is 7.05 Å². The summed E-state index contributed by atoms with van der Waals surface area (Å²) >= 11 is 1.25. The number of thioether (sulfide) groups is 1. The Labute approximate surface area is 193 Å². The first kappa shape index (κ1) is 22.2. The van der Waals surface area contributed by atoms with Gasteiger partial charge in [0.05, 0.1) is 11.3 Å². The van der Waals surface area contributed by atoms with E-state index in [0.29, 0.717) is 22.4 Å². The third-order valence-electron chi connectivity index (χ3n) is 4.63. The van der Waals surface area contributed by atoms with Gasteiger partial charge in [-0.25, -0.2) is 4.39 Å². The van der Waals surface area contributed by atoms with Crippen LogP contribution in [0.3, 0.4) is 0 Å². The van der Waals surface area contributed by atoms with Crippen molar-refractivity contribution in [3.8, 4) is 11.4 Å². The van der Waals surface area contributed by atoms with Gasteiger partial charge in [0.2, 0.25) is 5.91 Å². The Balaban J connectivity index is 1.35. The van der Waals surface area contributed by atoms with Gasteiger partial charge in [0.15, 0.2) is 11.0 Å². The fourth-order valence-corrected chi connectivity index (χ4v) is 3.75. The molecule has 0 aliphatic heterocycles. The Morgan fingerprint density at radius 3 is 2.45 bits per heavy atom. The van der Waals surface area contributed by atoms with E-state index in [4.69, 9.17) is 0 Å². The van der Waals surface area contributed by atoms with Crippen LogP contribution in [0.25, 0.3) is 11.4 Å². The summed E-state index contributed by atoms with van der Waals surface area (Å²) in [7, 11) is 1.83. The molecule has 0 unspecified atom stereocenters. The van der Waals surface area contributed by atoms with Crippen molar-refractivity contribution in [3.63, 3.8) is 0 Å². The van der Waals surface area contributed by atoms with Gasteiger partial charge in [-0.15, -0.1) is 10.2 Å². The van der Waals surface area contributed by atoms with E-state index >= 15 is 0 Å². The number of hydrogen-bond acceptors (Lipinski definition) is 6. The van der Waals surface area contributed by atoms with Crippen LogP contribution < -0.4 is 10.6 Å². The number of nitrogens with one attached hydrogen (secondary N) is 2. The average Bonchev–Trinajstić information content (AvgIpc) is 3.19. The molecule has 4 rings (SSSR count). The van der Waals surface area contributed by atoms with Crippen LogP contribution in [-0.2, 0) is 11.8 Å². The summed E-state index contributed by atoms with van der Waals surface area (Å²) in [5.41, 5.74) is 1.76. The Morgan fingerprint density at radius 1 is 0.970 bits per heavy atom. The molecule has 2 aromatic heterocycles. The van der Waals surface area contributed by atoms with Gasteiger partial charge in [-0.1, -0.05) is 30.0 Å². The molecular weight excluding hydrogens is 443 g/mol. The largest absolute Gasteiger partial charge is 0.325 e. The van der Waals surface area contributed by atoms with Crippen molar-refractivity contribution in [2.75, 3.05) is 16.4 Å². The van der Waals surface area contributed by atoms with Gasteiger partial charge in [-0.05, 0) is 42.5 Å². The number of rotatable bonds is 7. The maximum Gasteiger partial charge on any atom is 0.258 e. The van der Waals surface area contributed by atoms with Gasteiger partial charge >= 0.3 is 0 Å². The van der Waals surface area contributed by atoms with E-state index < -0.39 is 11.7 Å². The number of aromatic nitrogens is 4. The number of halogens is 1. The van der Waals surface area contributed by atoms with Gasteiger partial charge in [0.1, 0.15) is 5.82 Å². The molecule has 0 spiro atoms. The zero-order chi connectivity index (χ0) is 23.2. The van der Waals surface area contributed by atoms with E-state index in [1.807, 2.05) is 23.7 Å². The molecule has 0 bridgehead atoms. The number of benzene rings is 2. The molecule has 0 atom stereocenters. The van der Waals surface area contributed by atoms with Gasteiger partial charge in [0, 0.05) is 36.4 Å². The number of amides is 2. The highest BCUT2D eigenvalue weighted by molar-refractivity contribution is 7.99. The zero-order valence-corrected chi connectivity index (χ0v) is 18.3. The molecule has 2 aromatic carbocycles. The summed E-state index contributed by atoms with van der Waals surface area (Å²) < 4.78 is 15.6. The number of hydrogen-bond donors (Lipinski definition) is 2. The van der Waals surface area contributed by atoms with Gasteiger partial charge < -0.3 is 15.2 Å². The Hall–Kier alpha value is -4.05. The van der Waals surface area contributed by atoms with Crippen LogP contribution in [0.5, 0.6) is 0 Å². The maximum absolute atomic E-state index is 13.8. The number of pyridine rings is 1. The molecule has 0 radical (unpaired) electrons. The van der Waals surface area contributed by atoms with Crippen LogP contribution in [0.4, 0.5) is 15.8 Å². The highest BCUT2D eigenvalue weighted by Gasteiger charge is 2.14. The lowest BCUT2D eigenvalue weighted by Crippen LogP contribution is -2.16. The Bertz CT molecular complexity index is 1300. The SMILES string of the molecule is Cn1c(SCC(=O)Nc2cccc(NC(=O)c3ccccc3F)c2)nnc1-c1ccncc1. The molecule has 0 aliphatic rings. The number of carbonyl (C=O) groups excluding carboxylic acids is 2. The zero-order valence-electron chi connectivity index (χ0n) is 17.5. The topological polar surface area (TPSA) is 102 Å². The predicted molar refractivity (Wildman–Crippen MR) is 124 cm³/mol. The van der Waals surface area contributed by atoms with E-state index in [9.17, 15) is 14.0 Å². The minimum atomic E-state index is -0.604. The average molecular weight is 463 g/mol. The maximum atomic E-state index is 13.8. The summed E-state index contributed by atoms with van der Waals surface area (Å²) in [5, 5.41) is 14.4. The minimum absolute atomic E-state index is 0.0573. The first-order valence-electron chi connectivity index (χ1n) is 9.89. The number of carbonyl (C=O) groups is 2. The van der Waals surface area contributed by atoms with Crippen molar-refractivity contribution in [1.29, 1.82) is 0 Å². The first-order valence-corrected chi connectivity index (χ1v) is 10.9. The molecule has 10 heteroatoms. The summed E-state index contributed by atoms with van der Waals surface area (Å²) in [6, 6.07) is 16.0. The van der Waals surface area contributed by atoms with Crippen molar-refractivity contribution in [1.82, 2.24) is 19.7 Å². The van der Waals surface area contributed by atoms with Crippen LogP contribution >= 0.6 is 11.8 Å². The highest BCUT2D eigenvalue weighted by Crippen LogP contribution is 2.23. The Morgan fingerprint density at radius 2 is 1.70 bits per heavy atom. The van der Waals surface area contributed by atoms with Gasteiger partial charge in [-0.2, -0.15) is 0 Å². The summed E-state index contributed by atoms with van der Waals surface area (Å²) in [4.78, 5) is 28.7. The molecule has 2 amide bonds. The fraction of sp³-hybridized carbons (Fsp3) is 0.0870. The molecular formula is C23H19FN6O2S. The summed E-state index contributed by atoms with van der Waals surface area (Å²) in [5.74, 6) is -0.620. The second kappa shape index (κ2) is 10.0. The van der Waals surface area contributed by atoms with Gasteiger partial charge in [0.25, 0.3) is 5.91 Å². The predicted octanol–water partition coefficient (Wildman–Crippen LogP) is 4.00. The van der Waals surface area contributed by atoms with Crippen molar-refractivity contribution in [2.45, 2.75) is 5.16 Å². The normalized spacial score (nSPS) is 10.6. The molecule has 2 heterocycles. The van der Waals surface area contributed by atoms with Crippen molar-refractivity contribution >= 4 is 35.0 Å². The monoisotopic (exact) mass is 462 g/mol. The third kappa shape index (κ3) is 5.42.